The second kappa shape index (κ2) is 15.3. The molecule has 5 heteroatoms. The maximum absolute atomic E-state index is 6.92. The van der Waals surface area contributed by atoms with Crippen molar-refractivity contribution in [3.63, 3.8) is 0 Å². The van der Waals surface area contributed by atoms with E-state index in [1.165, 1.54) is 91.9 Å². The first-order chi connectivity index (χ1) is 32.2. The van der Waals surface area contributed by atoms with Crippen LogP contribution in [-0.4, -0.2) is 18.6 Å². The van der Waals surface area contributed by atoms with Crippen molar-refractivity contribution in [3.05, 3.63) is 243 Å². The van der Waals surface area contributed by atoms with Gasteiger partial charge in [-0.2, -0.15) is 11.6 Å². The van der Waals surface area contributed by atoms with E-state index in [9.17, 15) is 0 Å². The number of nitrogens with zero attached hydrogens (tertiary/aromatic N) is 1. The first-order valence-electron chi connectivity index (χ1n) is 22.4. The van der Waals surface area contributed by atoms with Crippen LogP contribution in [-0.2, 0) is 0 Å². The van der Waals surface area contributed by atoms with Crippen molar-refractivity contribution >= 4 is 79.2 Å². The lowest BCUT2D eigenvalue weighted by Gasteiger charge is -2.35. The zero-order chi connectivity index (χ0) is 42.9. The van der Waals surface area contributed by atoms with Crippen molar-refractivity contribution in [1.82, 2.24) is 4.57 Å². The number of para-hydroxylation sites is 4. The molecule has 10 aromatic carbocycles. The maximum atomic E-state index is 6.92. The molecule has 2 aliphatic rings. The molecule has 0 aliphatic carbocycles. The van der Waals surface area contributed by atoms with E-state index in [2.05, 4.69) is 247 Å². The summed E-state index contributed by atoms with van der Waals surface area (Å²) in [4.78, 5) is 1.27. The number of rotatable bonds is 7. The molecule has 0 amide bonds. The first kappa shape index (κ1) is 37.9. The number of hydrogen-bond acceptors (Lipinski definition) is 2. The van der Waals surface area contributed by atoms with E-state index < -0.39 is 8.07 Å². The molecule has 0 saturated heterocycles. The third kappa shape index (κ3) is 5.96. The summed E-state index contributed by atoms with van der Waals surface area (Å²) in [5, 5.41) is 7.95. The highest BCUT2D eigenvalue weighted by molar-refractivity contribution is 8.28. The largest absolute Gasteiger partial charge is 0.458 e. The third-order valence-electron chi connectivity index (χ3n) is 13.6. The van der Waals surface area contributed by atoms with E-state index in [1.54, 1.807) is 0 Å². The summed E-state index contributed by atoms with van der Waals surface area (Å²) >= 11 is 1.94. The lowest BCUT2D eigenvalue weighted by Crippen LogP contribution is -2.74. The van der Waals surface area contributed by atoms with Crippen LogP contribution in [0.4, 0.5) is 0 Å². The van der Waals surface area contributed by atoms with Crippen LogP contribution in [0, 0.1) is 0 Å². The number of hydrogen-bond donors (Lipinski definition) is 0. The monoisotopic (exact) mass is 861 g/mol. The van der Waals surface area contributed by atoms with Crippen LogP contribution in [0.5, 0.6) is 11.5 Å². The molecule has 0 N–H and O–H groups in total. The maximum Gasteiger partial charge on any atom is 0.289 e. The van der Waals surface area contributed by atoms with Crippen LogP contribution in [0.15, 0.2) is 248 Å². The lowest BCUT2D eigenvalue weighted by molar-refractivity contribution is 0.488. The number of aromatic nitrogens is 1. The summed E-state index contributed by atoms with van der Waals surface area (Å²) in [6, 6.07) is 89.7. The Kier molecular flexibility index (Phi) is 8.93. The Labute approximate surface area is 384 Å². The van der Waals surface area contributed by atoms with E-state index in [0.717, 1.165) is 17.1 Å². The van der Waals surface area contributed by atoms with Gasteiger partial charge in [-0.1, -0.05) is 200 Å². The highest BCUT2D eigenvalue weighted by atomic mass is 32.2. The average Bonchev–Trinajstić information content (AvgIpc) is 3.72. The predicted molar refractivity (Wildman–Crippen MR) is 278 cm³/mol. The van der Waals surface area contributed by atoms with Crippen molar-refractivity contribution < 1.29 is 4.74 Å². The van der Waals surface area contributed by atoms with Crippen molar-refractivity contribution in [3.8, 4) is 50.6 Å². The molecule has 0 saturated carbocycles. The van der Waals surface area contributed by atoms with Crippen molar-refractivity contribution in [2.45, 2.75) is 4.90 Å². The average molecular weight is 862 g/mol. The van der Waals surface area contributed by atoms with Crippen LogP contribution >= 0.6 is 11.6 Å². The standard InChI is InChI=1S/C60H40BNOSSi/c1-4-20-44(21-5-1)65(45-22-6-2-7-23-45,46-24-8-3-9-25-46)47-26-18-19-41(37-47)43-38-52-51-36-35-42(40-59(51)64-61-53-30-13-17-34-57(53)63-58(39-43)60(52)61)48-27-10-14-31-54(48)62-55-32-15-11-28-49(55)50-29-12-16-33-56(50)62/h1-40H. The van der Waals surface area contributed by atoms with Gasteiger partial charge in [-0.15, -0.1) is 0 Å². The van der Waals surface area contributed by atoms with Crippen molar-refractivity contribution in [2.24, 2.45) is 0 Å². The fourth-order valence-electron chi connectivity index (χ4n) is 10.8. The Hall–Kier alpha value is -7.57. The summed E-state index contributed by atoms with van der Waals surface area (Å²) in [5.74, 6) is 1.95. The number of fused-ring (bicyclic) bond motifs is 7. The molecule has 0 atom stereocenters. The highest BCUT2D eigenvalue weighted by Crippen LogP contribution is 2.47. The summed E-state index contributed by atoms with van der Waals surface area (Å²) < 4.78 is 9.36. The SMILES string of the molecule is c1ccc([Si](c2ccccc2)(c2ccccc2)c2cccc(-c3cc4c5c(c3)-c3ccc(-c6ccccc6-n6c7ccccc7c7ccccc76)cc3SB5c3ccccc3O4)c2)cc1. The van der Waals surface area contributed by atoms with Gasteiger partial charge < -0.3 is 9.30 Å². The molecule has 65 heavy (non-hydrogen) atoms. The van der Waals surface area contributed by atoms with Crippen molar-refractivity contribution in [1.29, 1.82) is 0 Å². The van der Waals surface area contributed by atoms with Gasteiger partial charge in [0.25, 0.3) is 5.99 Å². The molecule has 0 unspecified atom stereocenters. The molecule has 2 aliphatic heterocycles. The summed E-state index contributed by atoms with van der Waals surface area (Å²) in [6.07, 6.45) is 0. The Bertz CT molecular complexity index is 3480. The van der Waals surface area contributed by atoms with Gasteiger partial charge >= 0.3 is 0 Å². The predicted octanol–water partition coefficient (Wildman–Crippen LogP) is 11.5. The van der Waals surface area contributed by atoms with Gasteiger partial charge in [0.05, 0.1) is 16.7 Å². The topological polar surface area (TPSA) is 14.2 Å². The van der Waals surface area contributed by atoms with Gasteiger partial charge in [-0.3, -0.25) is 0 Å². The lowest BCUT2D eigenvalue weighted by atomic mass is 9.57. The smallest absolute Gasteiger partial charge is 0.289 e. The molecule has 1 aromatic heterocycles. The van der Waals surface area contributed by atoms with Gasteiger partial charge in [-0.25, -0.2) is 0 Å². The second-order valence-electron chi connectivity index (χ2n) is 17.1. The van der Waals surface area contributed by atoms with Crippen molar-refractivity contribution in [2.75, 3.05) is 0 Å². The Morgan fingerprint density at radius 2 is 0.969 bits per heavy atom. The summed E-state index contributed by atoms with van der Waals surface area (Å²) in [6.45, 7) is 0. The number of ether oxygens (including phenoxy) is 1. The van der Waals surface area contributed by atoms with E-state index >= 15 is 0 Å². The Morgan fingerprint density at radius 3 is 1.66 bits per heavy atom. The van der Waals surface area contributed by atoms with E-state index in [1.807, 2.05) is 11.6 Å². The Balaban J connectivity index is 0.994. The molecule has 13 rings (SSSR count). The molecule has 11 aromatic rings. The molecule has 0 bridgehead atoms. The van der Waals surface area contributed by atoms with E-state index in [0.29, 0.717) is 0 Å². The van der Waals surface area contributed by atoms with Gasteiger partial charge in [0, 0.05) is 21.2 Å². The zero-order valence-corrected chi connectivity index (χ0v) is 37.3. The normalized spacial score (nSPS) is 12.6. The van der Waals surface area contributed by atoms with Crippen LogP contribution in [0.25, 0.3) is 60.9 Å². The quantitative estimate of drug-likeness (QED) is 0.117. The van der Waals surface area contributed by atoms with Gasteiger partial charge in [-0.05, 0) is 102 Å². The minimum absolute atomic E-state index is 0.0926. The van der Waals surface area contributed by atoms with Gasteiger partial charge in [0.1, 0.15) is 11.5 Å². The first-order valence-corrected chi connectivity index (χ1v) is 25.2. The van der Waals surface area contributed by atoms with E-state index in [4.69, 9.17) is 4.74 Å². The summed E-state index contributed by atoms with van der Waals surface area (Å²) in [7, 11) is -2.75. The molecular formula is C60H40BNOSSi. The van der Waals surface area contributed by atoms with Crippen LogP contribution < -0.4 is 36.4 Å². The second-order valence-corrected chi connectivity index (χ2v) is 22.1. The molecule has 2 nitrogen and oxygen atoms in total. The molecule has 0 radical (unpaired) electrons. The highest BCUT2D eigenvalue weighted by Gasteiger charge is 2.42. The van der Waals surface area contributed by atoms with Crippen LogP contribution in [0.1, 0.15) is 0 Å². The molecule has 0 fully saturated rings. The third-order valence-corrected chi connectivity index (χ3v) is 19.7. The molecule has 0 spiro atoms. The summed E-state index contributed by atoms with van der Waals surface area (Å²) in [5.41, 5.74) is 13.3. The molecular weight excluding hydrogens is 822 g/mol. The Morgan fingerprint density at radius 1 is 0.385 bits per heavy atom. The van der Waals surface area contributed by atoms with Crippen LogP contribution in [0.3, 0.4) is 0 Å². The van der Waals surface area contributed by atoms with Gasteiger partial charge in [0.15, 0.2) is 8.07 Å². The number of benzene rings is 10. The minimum Gasteiger partial charge on any atom is -0.458 e. The fraction of sp³-hybridized carbons (Fsp3) is 0. The fourth-order valence-corrected chi connectivity index (χ4v) is 17.0. The zero-order valence-electron chi connectivity index (χ0n) is 35.4. The minimum atomic E-state index is -2.75. The molecule has 3 heterocycles. The van der Waals surface area contributed by atoms with Gasteiger partial charge in [0.2, 0.25) is 0 Å². The van der Waals surface area contributed by atoms with Crippen LogP contribution in [0.2, 0.25) is 0 Å². The molecule has 304 valence electrons. The van der Waals surface area contributed by atoms with E-state index in [-0.39, 0.29) is 5.99 Å².